The zero-order valence-electron chi connectivity index (χ0n) is 11.5. The summed E-state index contributed by atoms with van der Waals surface area (Å²) in [6.45, 7) is 5.34. The number of nitrogens with zero attached hydrogens (tertiary/aromatic N) is 3. The summed E-state index contributed by atoms with van der Waals surface area (Å²) in [5.41, 5.74) is 6.91. The van der Waals surface area contributed by atoms with Crippen molar-refractivity contribution in [3.8, 4) is 0 Å². The highest BCUT2D eigenvalue weighted by Crippen LogP contribution is 2.23. The molecule has 4 nitrogen and oxygen atoms in total. The van der Waals surface area contributed by atoms with Crippen molar-refractivity contribution < 1.29 is 0 Å². The van der Waals surface area contributed by atoms with Crippen molar-refractivity contribution >= 4 is 5.95 Å². The van der Waals surface area contributed by atoms with Crippen LogP contribution in [0.4, 0.5) is 5.95 Å². The van der Waals surface area contributed by atoms with E-state index in [1.54, 1.807) is 0 Å². The molecule has 2 heterocycles. The molecule has 1 aliphatic heterocycles. The number of hydrogen-bond acceptors (Lipinski definition) is 4. The number of anilines is 1. The molecule has 0 amide bonds. The molecule has 1 aromatic rings. The molecular weight excluding hydrogens is 224 g/mol. The predicted octanol–water partition coefficient (Wildman–Crippen LogP) is 2.14. The SMILES string of the molecule is CCC1CCCCN1c1ncc(CC(C)N)cn1. The van der Waals surface area contributed by atoms with Crippen molar-refractivity contribution in [2.24, 2.45) is 5.73 Å². The lowest BCUT2D eigenvalue weighted by Crippen LogP contribution is -2.40. The molecule has 1 aromatic heterocycles. The Labute approximate surface area is 110 Å². The van der Waals surface area contributed by atoms with Gasteiger partial charge in [0.1, 0.15) is 0 Å². The van der Waals surface area contributed by atoms with Gasteiger partial charge in [0.05, 0.1) is 0 Å². The van der Waals surface area contributed by atoms with E-state index in [0.717, 1.165) is 24.5 Å². The highest BCUT2D eigenvalue weighted by Gasteiger charge is 2.22. The maximum Gasteiger partial charge on any atom is 0.225 e. The second-order valence-corrected chi connectivity index (χ2v) is 5.32. The first-order chi connectivity index (χ1) is 8.70. The summed E-state index contributed by atoms with van der Waals surface area (Å²) in [6, 6.07) is 0.774. The van der Waals surface area contributed by atoms with Gasteiger partial charge in [0, 0.05) is 31.0 Å². The average molecular weight is 248 g/mol. The van der Waals surface area contributed by atoms with Gasteiger partial charge >= 0.3 is 0 Å². The maximum absolute atomic E-state index is 5.78. The van der Waals surface area contributed by atoms with Crippen LogP contribution in [-0.2, 0) is 6.42 Å². The molecule has 1 saturated heterocycles. The van der Waals surface area contributed by atoms with Crippen LogP contribution in [0, 0.1) is 0 Å². The van der Waals surface area contributed by atoms with Crippen molar-refractivity contribution in [2.75, 3.05) is 11.4 Å². The fourth-order valence-electron chi connectivity index (χ4n) is 2.66. The van der Waals surface area contributed by atoms with Gasteiger partial charge in [-0.2, -0.15) is 0 Å². The van der Waals surface area contributed by atoms with E-state index >= 15 is 0 Å². The van der Waals surface area contributed by atoms with Crippen LogP contribution in [-0.4, -0.2) is 28.6 Å². The minimum absolute atomic E-state index is 0.165. The summed E-state index contributed by atoms with van der Waals surface area (Å²) in [4.78, 5) is 11.4. The van der Waals surface area contributed by atoms with Gasteiger partial charge in [-0.1, -0.05) is 6.92 Å². The van der Waals surface area contributed by atoms with Crippen molar-refractivity contribution in [1.29, 1.82) is 0 Å². The normalized spacial score (nSPS) is 21.9. The minimum atomic E-state index is 0.165. The summed E-state index contributed by atoms with van der Waals surface area (Å²) < 4.78 is 0. The molecule has 2 N–H and O–H groups in total. The first-order valence-electron chi connectivity index (χ1n) is 7.04. The van der Waals surface area contributed by atoms with E-state index in [1.807, 2.05) is 19.3 Å². The molecule has 100 valence electrons. The summed E-state index contributed by atoms with van der Waals surface area (Å²) in [5, 5.41) is 0. The van der Waals surface area contributed by atoms with Gasteiger partial charge in [0.2, 0.25) is 5.95 Å². The Hall–Kier alpha value is -1.16. The minimum Gasteiger partial charge on any atom is -0.338 e. The summed E-state index contributed by atoms with van der Waals surface area (Å²) in [6.07, 6.45) is 9.71. The lowest BCUT2D eigenvalue weighted by atomic mass is 10.0. The fourth-order valence-corrected chi connectivity index (χ4v) is 2.66. The Morgan fingerprint density at radius 2 is 2.11 bits per heavy atom. The topological polar surface area (TPSA) is 55.0 Å². The summed E-state index contributed by atoms with van der Waals surface area (Å²) >= 11 is 0. The number of hydrogen-bond donors (Lipinski definition) is 1. The van der Waals surface area contributed by atoms with Gasteiger partial charge in [-0.05, 0) is 44.6 Å². The summed E-state index contributed by atoms with van der Waals surface area (Å²) in [7, 11) is 0. The molecule has 0 bridgehead atoms. The van der Waals surface area contributed by atoms with Crippen LogP contribution in [0.15, 0.2) is 12.4 Å². The Morgan fingerprint density at radius 3 is 2.72 bits per heavy atom. The molecule has 18 heavy (non-hydrogen) atoms. The van der Waals surface area contributed by atoms with Gasteiger partial charge in [0.25, 0.3) is 0 Å². The van der Waals surface area contributed by atoms with E-state index in [0.29, 0.717) is 6.04 Å². The number of nitrogens with two attached hydrogens (primary N) is 1. The van der Waals surface area contributed by atoms with Crippen LogP contribution in [0.3, 0.4) is 0 Å². The van der Waals surface area contributed by atoms with Gasteiger partial charge in [0.15, 0.2) is 0 Å². The van der Waals surface area contributed by atoms with Crippen LogP contribution < -0.4 is 10.6 Å². The molecule has 0 aliphatic carbocycles. The fraction of sp³-hybridized carbons (Fsp3) is 0.714. The van der Waals surface area contributed by atoms with Crippen LogP contribution >= 0.6 is 0 Å². The first kappa shape index (κ1) is 13.3. The molecule has 2 atom stereocenters. The Bertz CT molecular complexity index is 361. The largest absolute Gasteiger partial charge is 0.338 e. The number of aromatic nitrogens is 2. The third kappa shape index (κ3) is 3.19. The molecule has 4 heteroatoms. The smallest absolute Gasteiger partial charge is 0.225 e. The van der Waals surface area contributed by atoms with Gasteiger partial charge in [-0.25, -0.2) is 9.97 Å². The lowest BCUT2D eigenvalue weighted by Gasteiger charge is -2.35. The van der Waals surface area contributed by atoms with E-state index < -0.39 is 0 Å². The molecular formula is C14H24N4. The predicted molar refractivity (Wildman–Crippen MR) is 74.7 cm³/mol. The maximum atomic E-state index is 5.78. The monoisotopic (exact) mass is 248 g/mol. The molecule has 0 radical (unpaired) electrons. The highest BCUT2D eigenvalue weighted by atomic mass is 15.3. The standard InChI is InChI=1S/C14H24N4/c1-3-13-6-4-5-7-18(13)14-16-9-12(10-17-14)8-11(2)15/h9-11,13H,3-8,15H2,1-2H3. The van der Waals surface area contributed by atoms with Crippen molar-refractivity contribution in [1.82, 2.24) is 9.97 Å². The molecule has 1 aliphatic rings. The highest BCUT2D eigenvalue weighted by molar-refractivity contribution is 5.32. The summed E-state index contributed by atoms with van der Waals surface area (Å²) in [5.74, 6) is 0.884. The second kappa shape index (κ2) is 6.14. The van der Waals surface area contributed by atoms with E-state index in [1.165, 1.54) is 25.7 Å². The van der Waals surface area contributed by atoms with Crippen molar-refractivity contribution in [2.45, 2.75) is 58.0 Å². The van der Waals surface area contributed by atoms with Gasteiger partial charge in [-0.15, -0.1) is 0 Å². The molecule has 0 spiro atoms. The zero-order chi connectivity index (χ0) is 13.0. The van der Waals surface area contributed by atoms with Gasteiger partial charge < -0.3 is 10.6 Å². The second-order valence-electron chi connectivity index (χ2n) is 5.32. The third-order valence-corrected chi connectivity index (χ3v) is 3.60. The Kier molecular flexibility index (Phi) is 4.53. The van der Waals surface area contributed by atoms with Crippen molar-refractivity contribution in [3.05, 3.63) is 18.0 Å². The Balaban J connectivity index is 2.07. The zero-order valence-corrected chi connectivity index (χ0v) is 11.5. The molecule has 0 saturated carbocycles. The first-order valence-corrected chi connectivity index (χ1v) is 7.04. The molecule has 0 aromatic carbocycles. The van der Waals surface area contributed by atoms with E-state index in [2.05, 4.69) is 21.8 Å². The number of piperidine rings is 1. The van der Waals surface area contributed by atoms with Crippen LogP contribution in [0.5, 0.6) is 0 Å². The quantitative estimate of drug-likeness (QED) is 0.887. The molecule has 2 unspecified atom stereocenters. The van der Waals surface area contributed by atoms with E-state index in [-0.39, 0.29) is 6.04 Å². The van der Waals surface area contributed by atoms with Crippen molar-refractivity contribution in [3.63, 3.8) is 0 Å². The molecule has 1 fully saturated rings. The van der Waals surface area contributed by atoms with Crippen LogP contribution in [0.1, 0.15) is 45.1 Å². The van der Waals surface area contributed by atoms with E-state index in [9.17, 15) is 0 Å². The average Bonchev–Trinajstić information content (AvgIpc) is 2.39. The van der Waals surface area contributed by atoms with Crippen LogP contribution in [0.2, 0.25) is 0 Å². The Morgan fingerprint density at radius 1 is 1.39 bits per heavy atom. The lowest BCUT2D eigenvalue weighted by molar-refractivity contribution is 0.443. The van der Waals surface area contributed by atoms with E-state index in [4.69, 9.17) is 5.73 Å². The number of rotatable bonds is 4. The van der Waals surface area contributed by atoms with Crippen LogP contribution in [0.25, 0.3) is 0 Å². The third-order valence-electron chi connectivity index (χ3n) is 3.60. The van der Waals surface area contributed by atoms with Gasteiger partial charge in [-0.3, -0.25) is 0 Å². The molecule has 2 rings (SSSR count).